The van der Waals surface area contributed by atoms with Crippen LogP contribution >= 0.6 is 0 Å². The van der Waals surface area contributed by atoms with Crippen LogP contribution in [0.2, 0.25) is 0 Å². The predicted octanol–water partition coefficient (Wildman–Crippen LogP) is 2.82. The van der Waals surface area contributed by atoms with Crippen LogP contribution < -0.4 is 14.8 Å². The average molecular weight is 269 g/mol. The van der Waals surface area contributed by atoms with Gasteiger partial charge in [-0.3, -0.25) is 0 Å². The Morgan fingerprint density at radius 3 is 2.47 bits per heavy atom. The number of nitrogens with one attached hydrogen (secondary N) is 1. The molecule has 2 heterocycles. The van der Waals surface area contributed by atoms with Crippen LogP contribution in [0.4, 0.5) is 8.78 Å². The normalized spacial score (nSPS) is 19.7. The van der Waals surface area contributed by atoms with Crippen molar-refractivity contribution in [3.05, 3.63) is 23.3 Å². The number of halogens is 2. The van der Waals surface area contributed by atoms with Crippen molar-refractivity contribution < 1.29 is 18.3 Å². The fourth-order valence-corrected chi connectivity index (χ4v) is 2.81. The molecule has 0 unspecified atom stereocenters. The van der Waals surface area contributed by atoms with Crippen molar-refractivity contribution in [3.63, 3.8) is 0 Å². The summed E-state index contributed by atoms with van der Waals surface area (Å²) < 4.78 is 39.7. The minimum Gasteiger partial charge on any atom is -0.454 e. The van der Waals surface area contributed by atoms with E-state index in [-0.39, 0.29) is 12.4 Å². The highest BCUT2D eigenvalue weighted by Gasteiger charge is 2.43. The molecule has 1 saturated heterocycles. The van der Waals surface area contributed by atoms with Crippen LogP contribution in [0.3, 0.4) is 0 Å². The van der Waals surface area contributed by atoms with Gasteiger partial charge in [-0.05, 0) is 50.6 Å². The molecule has 3 rings (SSSR count). The number of rotatable bonds is 2. The summed E-state index contributed by atoms with van der Waals surface area (Å²) in [6, 6.07) is 3.09. The zero-order valence-electron chi connectivity index (χ0n) is 10.8. The van der Waals surface area contributed by atoms with E-state index < -0.39 is 11.8 Å². The molecule has 19 heavy (non-hydrogen) atoms. The number of hydrogen-bond acceptors (Lipinski definition) is 3. The molecule has 0 aliphatic carbocycles. The first kappa shape index (κ1) is 12.7. The molecule has 0 saturated carbocycles. The summed E-state index contributed by atoms with van der Waals surface area (Å²) in [4.78, 5) is 0. The first-order chi connectivity index (χ1) is 9.09. The molecule has 1 aromatic rings. The third kappa shape index (κ3) is 2.16. The van der Waals surface area contributed by atoms with Crippen molar-refractivity contribution in [1.82, 2.24) is 5.32 Å². The lowest BCUT2D eigenvalue weighted by Gasteiger charge is -2.31. The number of aryl methyl sites for hydroxylation is 1. The topological polar surface area (TPSA) is 30.5 Å². The fraction of sp³-hybridized carbons (Fsp3) is 0.571. The van der Waals surface area contributed by atoms with E-state index in [1.54, 1.807) is 13.0 Å². The molecule has 3 nitrogen and oxygen atoms in total. The van der Waals surface area contributed by atoms with Crippen LogP contribution in [-0.4, -0.2) is 19.9 Å². The van der Waals surface area contributed by atoms with Gasteiger partial charge in [0.25, 0.3) is 5.92 Å². The molecule has 0 amide bonds. The van der Waals surface area contributed by atoms with E-state index in [2.05, 4.69) is 5.32 Å². The Labute approximate surface area is 110 Å². The number of fused-ring (bicyclic) bond motifs is 1. The predicted molar refractivity (Wildman–Crippen MR) is 66.8 cm³/mol. The highest BCUT2D eigenvalue weighted by atomic mass is 19.3. The SMILES string of the molecule is Cc1cc2c(cc1C(F)(F)C1CCNCC1)OCO2. The first-order valence-corrected chi connectivity index (χ1v) is 6.58. The second kappa shape index (κ2) is 4.63. The van der Waals surface area contributed by atoms with Gasteiger partial charge in [-0.2, -0.15) is 0 Å². The Morgan fingerprint density at radius 1 is 1.16 bits per heavy atom. The molecule has 1 fully saturated rings. The number of ether oxygens (including phenoxy) is 2. The Balaban J connectivity index is 1.95. The van der Waals surface area contributed by atoms with Gasteiger partial charge in [0.05, 0.1) is 0 Å². The van der Waals surface area contributed by atoms with Crippen molar-refractivity contribution in [2.24, 2.45) is 5.92 Å². The van der Waals surface area contributed by atoms with Crippen LogP contribution in [0.1, 0.15) is 24.0 Å². The summed E-state index contributed by atoms with van der Waals surface area (Å²) in [6.07, 6.45) is 1.00. The van der Waals surface area contributed by atoms with Gasteiger partial charge in [-0.15, -0.1) is 0 Å². The van der Waals surface area contributed by atoms with Gasteiger partial charge >= 0.3 is 0 Å². The van der Waals surface area contributed by atoms with Crippen molar-refractivity contribution in [2.75, 3.05) is 19.9 Å². The van der Waals surface area contributed by atoms with E-state index in [9.17, 15) is 8.78 Å². The number of alkyl halides is 2. The molecule has 5 heteroatoms. The minimum absolute atomic E-state index is 0.0728. The summed E-state index contributed by atoms with van der Waals surface area (Å²) in [6.45, 7) is 3.12. The van der Waals surface area contributed by atoms with Gasteiger partial charge in [0.15, 0.2) is 11.5 Å². The highest BCUT2D eigenvalue weighted by molar-refractivity contribution is 5.49. The van der Waals surface area contributed by atoms with Gasteiger partial charge in [-0.25, -0.2) is 8.78 Å². The monoisotopic (exact) mass is 269 g/mol. The molecule has 0 atom stereocenters. The highest BCUT2D eigenvalue weighted by Crippen LogP contribution is 2.45. The molecule has 0 spiro atoms. The molecule has 2 aliphatic rings. The van der Waals surface area contributed by atoms with Gasteiger partial charge in [0.2, 0.25) is 6.79 Å². The van der Waals surface area contributed by atoms with Crippen molar-refractivity contribution in [2.45, 2.75) is 25.7 Å². The number of benzene rings is 1. The minimum atomic E-state index is -2.81. The smallest absolute Gasteiger partial charge is 0.276 e. The second-order valence-electron chi connectivity index (χ2n) is 5.17. The quantitative estimate of drug-likeness (QED) is 0.895. The van der Waals surface area contributed by atoms with Gasteiger partial charge in [0, 0.05) is 11.5 Å². The molecule has 0 aromatic heterocycles. The van der Waals surface area contributed by atoms with E-state index in [1.807, 2.05) is 0 Å². The largest absolute Gasteiger partial charge is 0.454 e. The summed E-state index contributed by atoms with van der Waals surface area (Å²) in [5.74, 6) is -2.43. The standard InChI is InChI=1S/C14H17F2NO2/c1-9-6-12-13(19-8-18-12)7-11(9)14(15,16)10-2-4-17-5-3-10/h6-7,10,17H,2-5,8H2,1H3. The zero-order chi connectivity index (χ0) is 13.5. The van der Waals surface area contributed by atoms with Crippen LogP contribution in [0.15, 0.2) is 12.1 Å². The van der Waals surface area contributed by atoms with Gasteiger partial charge < -0.3 is 14.8 Å². The second-order valence-corrected chi connectivity index (χ2v) is 5.17. The van der Waals surface area contributed by atoms with Crippen LogP contribution in [-0.2, 0) is 5.92 Å². The molecular formula is C14H17F2NO2. The van der Waals surface area contributed by atoms with E-state index in [0.717, 1.165) is 0 Å². The van der Waals surface area contributed by atoms with Crippen LogP contribution in [0.25, 0.3) is 0 Å². The Kier molecular flexibility index (Phi) is 3.09. The zero-order valence-corrected chi connectivity index (χ0v) is 10.8. The maximum Gasteiger partial charge on any atom is 0.276 e. The summed E-state index contributed by atoms with van der Waals surface area (Å²) >= 11 is 0. The van der Waals surface area contributed by atoms with E-state index in [0.29, 0.717) is 43.0 Å². The van der Waals surface area contributed by atoms with Crippen molar-refractivity contribution >= 4 is 0 Å². The molecule has 1 aromatic carbocycles. The molecule has 0 bridgehead atoms. The summed E-state index contributed by atoms with van der Waals surface area (Å²) in [7, 11) is 0. The molecule has 1 N–H and O–H groups in total. The lowest BCUT2D eigenvalue weighted by atomic mass is 9.85. The van der Waals surface area contributed by atoms with Gasteiger partial charge in [-0.1, -0.05) is 0 Å². The molecule has 0 radical (unpaired) electrons. The Bertz CT molecular complexity index is 485. The molecule has 2 aliphatic heterocycles. The van der Waals surface area contributed by atoms with Gasteiger partial charge in [0.1, 0.15) is 0 Å². The lowest BCUT2D eigenvalue weighted by molar-refractivity contribution is -0.0759. The number of piperidine rings is 1. The lowest BCUT2D eigenvalue weighted by Crippen LogP contribution is -2.36. The van der Waals surface area contributed by atoms with Crippen molar-refractivity contribution in [3.8, 4) is 11.5 Å². The molecular weight excluding hydrogens is 252 g/mol. The summed E-state index contributed by atoms with van der Waals surface area (Å²) in [5.41, 5.74) is 0.636. The number of hydrogen-bond donors (Lipinski definition) is 1. The Morgan fingerprint density at radius 2 is 1.79 bits per heavy atom. The van der Waals surface area contributed by atoms with E-state index >= 15 is 0 Å². The average Bonchev–Trinajstić information content (AvgIpc) is 2.85. The summed E-state index contributed by atoms with van der Waals surface area (Å²) in [5, 5.41) is 3.12. The maximum absolute atomic E-state index is 14.6. The van der Waals surface area contributed by atoms with E-state index in [4.69, 9.17) is 9.47 Å². The fourth-order valence-electron chi connectivity index (χ4n) is 2.81. The van der Waals surface area contributed by atoms with Crippen molar-refractivity contribution in [1.29, 1.82) is 0 Å². The molecule has 104 valence electrons. The van der Waals surface area contributed by atoms with Crippen LogP contribution in [0.5, 0.6) is 11.5 Å². The third-order valence-corrected chi connectivity index (χ3v) is 3.93. The third-order valence-electron chi connectivity index (χ3n) is 3.93. The Hall–Kier alpha value is -1.36. The first-order valence-electron chi connectivity index (χ1n) is 6.58. The maximum atomic E-state index is 14.6. The van der Waals surface area contributed by atoms with E-state index in [1.165, 1.54) is 6.07 Å². The van der Waals surface area contributed by atoms with Crippen LogP contribution in [0, 0.1) is 12.8 Å².